The van der Waals surface area contributed by atoms with Crippen molar-refractivity contribution in [1.82, 2.24) is 4.57 Å². The molecule has 2 heterocycles. The van der Waals surface area contributed by atoms with Gasteiger partial charge in [-0.1, -0.05) is 35.6 Å². The lowest BCUT2D eigenvalue weighted by atomic mass is 9.95. The molecule has 11 heteroatoms. The fourth-order valence-corrected chi connectivity index (χ4v) is 5.13. The first kappa shape index (κ1) is 25.8. The van der Waals surface area contributed by atoms with E-state index >= 15 is 0 Å². The Balaban J connectivity index is 1.98. The van der Waals surface area contributed by atoms with E-state index in [-0.39, 0.29) is 22.8 Å². The second-order valence-electron chi connectivity index (χ2n) is 8.51. The van der Waals surface area contributed by atoms with Crippen LogP contribution in [-0.2, 0) is 9.53 Å². The van der Waals surface area contributed by atoms with Crippen LogP contribution in [0.25, 0.3) is 6.08 Å². The molecule has 0 spiro atoms. The molecule has 0 bridgehead atoms. The maximum absolute atomic E-state index is 13.7. The van der Waals surface area contributed by atoms with Gasteiger partial charge in [-0.3, -0.25) is 19.5 Å². The zero-order valence-corrected chi connectivity index (χ0v) is 21.4. The third-order valence-electron chi connectivity index (χ3n) is 5.59. The van der Waals surface area contributed by atoms with Crippen molar-refractivity contribution in [3.63, 3.8) is 0 Å². The lowest BCUT2D eigenvalue weighted by Crippen LogP contribution is -2.40. The summed E-state index contributed by atoms with van der Waals surface area (Å²) >= 11 is 1.09. The van der Waals surface area contributed by atoms with Crippen LogP contribution in [0.4, 0.5) is 5.69 Å². The molecule has 0 amide bonds. The normalized spacial score (nSPS) is 15.4. The second kappa shape index (κ2) is 10.4. The molecular formula is C26H25N3O7S. The van der Waals surface area contributed by atoms with Crippen LogP contribution in [0, 0.1) is 10.1 Å². The number of allylic oxidation sites excluding steroid dienone is 1. The van der Waals surface area contributed by atoms with Crippen molar-refractivity contribution in [3.8, 4) is 11.5 Å². The van der Waals surface area contributed by atoms with Gasteiger partial charge in [0.25, 0.3) is 5.56 Å². The fourth-order valence-electron chi connectivity index (χ4n) is 4.08. The van der Waals surface area contributed by atoms with Crippen LogP contribution in [0.2, 0.25) is 0 Å². The van der Waals surface area contributed by atoms with Gasteiger partial charge >= 0.3 is 11.7 Å². The average Bonchev–Trinajstić information content (AvgIpc) is 3.13. The van der Waals surface area contributed by atoms with E-state index in [1.165, 1.54) is 28.8 Å². The number of benzene rings is 2. The maximum atomic E-state index is 13.7. The molecule has 0 unspecified atom stereocenters. The quantitative estimate of drug-likeness (QED) is 0.286. The highest BCUT2D eigenvalue weighted by molar-refractivity contribution is 7.07. The first-order valence-corrected chi connectivity index (χ1v) is 12.4. The monoisotopic (exact) mass is 523 g/mol. The lowest BCUT2D eigenvalue weighted by molar-refractivity contribution is -0.385. The molecule has 3 aromatic rings. The van der Waals surface area contributed by atoms with E-state index in [1.807, 2.05) is 19.9 Å². The summed E-state index contributed by atoms with van der Waals surface area (Å²) in [5.74, 6) is -0.542. The fraction of sp³-hybridized carbons (Fsp3) is 0.269. The number of thiazole rings is 1. The van der Waals surface area contributed by atoms with Gasteiger partial charge in [0.2, 0.25) is 0 Å². The lowest BCUT2D eigenvalue weighted by Gasteiger charge is -2.26. The Morgan fingerprint density at radius 2 is 2.03 bits per heavy atom. The van der Waals surface area contributed by atoms with Crippen molar-refractivity contribution in [1.29, 1.82) is 0 Å². The first-order valence-electron chi connectivity index (χ1n) is 11.5. The van der Waals surface area contributed by atoms with E-state index in [1.54, 1.807) is 32.0 Å². The van der Waals surface area contributed by atoms with E-state index in [9.17, 15) is 24.8 Å². The van der Waals surface area contributed by atoms with Gasteiger partial charge in [-0.2, -0.15) is 0 Å². The third kappa shape index (κ3) is 5.03. The highest BCUT2D eigenvalue weighted by Gasteiger charge is 2.35. The Bertz CT molecular complexity index is 1600. The van der Waals surface area contributed by atoms with Crippen molar-refractivity contribution in [2.75, 3.05) is 6.61 Å². The van der Waals surface area contributed by atoms with E-state index < -0.39 is 33.9 Å². The molecule has 0 saturated heterocycles. The van der Waals surface area contributed by atoms with Crippen LogP contribution in [-0.4, -0.2) is 33.3 Å². The van der Waals surface area contributed by atoms with Crippen LogP contribution in [0.1, 0.15) is 44.9 Å². The molecule has 0 radical (unpaired) electrons. The molecule has 4 rings (SSSR count). The second-order valence-corrected chi connectivity index (χ2v) is 9.52. The van der Waals surface area contributed by atoms with Crippen LogP contribution >= 0.6 is 11.3 Å². The molecule has 2 aromatic carbocycles. The number of nitrogens with zero attached hydrogens (tertiary/aromatic N) is 3. The summed E-state index contributed by atoms with van der Waals surface area (Å²) in [7, 11) is 0. The number of fused-ring (bicyclic) bond motifs is 1. The van der Waals surface area contributed by atoms with Gasteiger partial charge in [0.1, 0.15) is 11.8 Å². The first-order chi connectivity index (χ1) is 17.6. The Kier molecular flexibility index (Phi) is 7.25. The minimum Gasteiger partial charge on any atom is -0.502 e. The topological polar surface area (TPSA) is 133 Å². The number of phenolic OH excluding ortho intramolecular Hbond substituents is 1. The molecule has 1 aliphatic rings. The Labute approximate surface area is 215 Å². The molecule has 37 heavy (non-hydrogen) atoms. The third-order valence-corrected chi connectivity index (χ3v) is 6.57. The summed E-state index contributed by atoms with van der Waals surface area (Å²) in [5.41, 5.74) is 0.687. The Morgan fingerprint density at radius 1 is 1.30 bits per heavy atom. The van der Waals surface area contributed by atoms with E-state index in [0.29, 0.717) is 27.4 Å². The smallest absolute Gasteiger partial charge is 0.338 e. The van der Waals surface area contributed by atoms with E-state index in [4.69, 9.17) is 9.47 Å². The molecule has 0 fully saturated rings. The summed E-state index contributed by atoms with van der Waals surface area (Å²) in [4.78, 5) is 42.3. The SMILES string of the molecule is CCOC(=O)C1=C(C)N=c2s/c(=C/c3ccc(O)c([N+](=O)[O-])c3)c(=O)n2[C@H]1c1ccccc1OC(C)C. The van der Waals surface area contributed by atoms with Crippen LogP contribution in [0.15, 0.2) is 63.5 Å². The van der Waals surface area contributed by atoms with Gasteiger partial charge in [-0.25, -0.2) is 9.79 Å². The number of rotatable bonds is 7. The van der Waals surface area contributed by atoms with Crippen LogP contribution < -0.4 is 19.6 Å². The number of aromatic nitrogens is 1. The summed E-state index contributed by atoms with van der Waals surface area (Å²) in [6, 6.07) is 10.2. The Morgan fingerprint density at radius 3 is 2.70 bits per heavy atom. The number of phenols is 1. The van der Waals surface area contributed by atoms with Crippen molar-refractivity contribution in [2.45, 2.75) is 39.8 Å². The number of nitro benzene ring substituents is 1. The number of ether oxygens (including phenoxy) is 2. The molecule has 10 nitrogen and oxygen atoms in total. The van der Waals surface area contributed by atoms with Crippen molar-refractivity contribution in [2.24, 2.45) is 4.99 Å². The molecule has 1 atom stereocenters. The van der Waals surface area contributed by atoms with E-state index in [2.05, 4.69) is 4.99 Å². The number of para-hydroxylation sites is 1. The number of esters is 1. The predicted molar refractivity (Wildman–Crippen MR) is 137 cm³/mol. The zero-order chi connectivity index (χ0) is 26.9. The van der Waals surface area contributed by atoms with Crippen LogP contribution in [0.3, 0.4) is 0 Å². The number of hydrogen-bond acceptors (Lipinski definition) is 9. The zero-order valence-electron chi connectivity index (χ0n) is 20.6. The summed E-state index contributed by atoms with van der Waals surface area (Å²) in [5, 5.41) is 21.0. The molecule has 0 aliphatic carbocycles. The van der Waals surface area contributed by atoms with Crippen LogP contribution in [0.5, 0.6) is 11.5 Å². The molecule has 0 saturated carbocycles. The minimum absolute atomic E-state index is 0.149. The van der Waals surface area contributed by atoms with Crippen molar-refractivity contribution in [3.05, 3.63) is 94.7 Å². The predicted octanol–water partition coefficient (Wildman–Crippen LogP) is 3.20. The number of hydrogen-bond donors (Lipinski definition) is 1. The summed E-state index contributed by atoms with van der Waals surface area (Å²) in [6.07, 6.45) is 1.34. The molecule has 1 aliphatic heterocycles. The number of aromatic hydroxyl groups is 1. The minimum atomic E-state index is -0.860. The molecule has 1 aromatic heterocycles. The Hall–Kier alpha value is -4.25. The van der Waals surface area contributed by atoms with Crippen molar-refractivity contribution < 1.29 is 24.3 Å². The van der Waals surface area contributed by atoms with Gasteiger partial charge in [0, 0.05) is 11.6 Å². The number of nitro groups is 1. The van der Waals surface area contributed by atoms with Gasteiger partial charge in [0.15, 0.2) is 10.6 Å². The summed E-state index contributed by atoms with van der Waals surface area (Å²) < 4.78 is 13.0. The standard InChI is InChI=1S/C26H25N3O7S/c1-5-35-25(32)22-15(4)27-26-28(23(22)17-8-6-7-9-20(17)36-14(2)3)24(31)21(37-26)13-16-10-11-19(30)18(12-16)29(33)34/h6-14,23,30H,5H2,1-4H3/b21-13+/t23-/m0/s1. The van der Waals surface area contributed by atoms with Gasteiger partial charge < -0.3 is 14.6 Å². The molecule has 1 N–H and O–H groups in total. The number of carbonyl (C=O) groups excluding carboxylic acids is 1. The van der Waals surface area contributed by atoms with E-state index in [0.717, 1.165) is 11.3 Å². The van der Waals surface area contributed by atoms with Gasteiger partial charge in [-0.05, 0) is 51.5 Å². The molecular weight excluding hydrogens is 498 g/mol. The molecule has 192 valence electrons. The maximum Gasteiger partial charge on any atom is 0.338 e. The number of carbonyl (C=O) groups is 1. The van der Waals surface area contributed by atoms with Gasteiger partial charge in [-0.15, -0.1) is 0 Å². The highest BCUT2D eigenvalue weighted by Crippen LogP contribution is 2.36. The summed E-state index contributed by atoms with van der Waals surface area (Å²) in [6.45, 7) is 7.30. The van der Waals surface area contributed by atoms with Crippen molar-refractivity contribution >= 4 is 29.1 Å². The highest BCUT2D eigenvalue weighted by atomic mass is 32.1. The largest absolute Gasteiger partial charge is 0.502 e. The van der Waals surface area contributed by atoms with Gasteiger partial charge in [0.05, 0.1) is 33.4 Å². The average molecular weight is 524 g/mol.